The summed E-state index contributed by atoms with van der Waals surface area (Å²) in [5.74, 6) is -0.131. The number of nitrogens with two attached hydrogens (primary N) is 1. The average Bonchev–Trinajstić information content (AvgIpc) is 2.51. The summed E-state index contributed by atoms with van der Waals surface area (Å²) in [6.07, 6.45) is -0.372. The van der Waals surface area contributed by atoms with E-state index in [1.807, 2.05) is 13.8 Å². The molecule has 1 amide bonds. The molecule has 6 heteroatoms. The van der Waals surface area contributed by atoms with Crippen molar-refractivity contribution in [3.05, 3.63) is 35.4 Å². The Morgan fingerprint density at radius 3 is 2.42 bits per heavy atom. The second-order valence-corrected chi connectivity index (χ2v) is 6.37. The number of hydrogen-bond donors (Lipinski definition) is 2. The smallest absolute Gasteiger partial charge is 0.349 e. The van der Waals surface area contributed by atoms with Gasteiger partial charge in [-0.25, -0.2) is 0 Å². The minimum atomic E-state index is -4.38. The van der Waals surface area contributed by atoms with Crippen molar-refractivity contribution in [3.8, 4) is 0 Å². The molecule has 0 bridgehead atoms. The van der Waals surface area contributed by atoms with Crippen molar-refractivity contribution in [1.82, 2.24) is 5.32 Å². The Morgan fingerprint density at radius 2 is 1.83 bits per heavy atom. The summed E-state index contributed by atoms with van der Waals surface area (Å²) in [7, 11) is 0. The lowest BCUT2D eigenvalue weighted by atomic mass is 9.94. The summed E-state index contributed by atoms with van der Waals surface area (Å²) in [4.78, 5) is 12.1. The van der Waals surface area contributed by atoms with Gasteiger partial charge in [0.15, 0.2) is 0 Å². The monoisotopic (exact) mass is 344 g/mol. The molecule has 24 heavy (non-hydrogen) atoms. The van der Waals surface area contributed by atoms with Gasteiger partial charge in [-0.05, 0) is 43.0 Å². The van der Waals surface area contributed by atoms with E-state index < -0.39 is 17.8 Å². The zero-order chi connectivity index (χ0) is 18.2. The van der Waals surface area contributed by atoms with Crippen LogP contribution in [-0.2, 0) is 11.0 Å². The molecule has 1 rings (SSSR count). The molecule has 3 nitrogen and oxygen atoms in total. The van der Waals surface area contributed by atoms with Gasteiger partial charge in [0, 0.05) is 6.42 Å². The Bertz CT molecular complexity index is 515. The van der Waals surface area contributed by atoms with Crippen LogP contribution in [0.4, 0.5) is 13.2 Å². The standard InChI is InChI=1S/C18H27F3N2O/c1-13(2)17(23-16(24)10-5-3-4-6-11-22)14-8-7-9-15(12-14)18(19,20)21/h7-9,12-13,17H,3-6,10-11,22H2,1-2H3,(H,23,24). The molecule has 0 saturated heterocycles. The molecular weight excluding hydrogens is 317 g/mol. The molecule has 1 unspecified atom stereocenters. The topological polar surface area (TPSA) is 55.1 Å². The first-order valence-corrected chi connectivity index (χ1v) is 8.42. The summed E-state index contributed by atoms with van der Waals surface area (Å²) in [6.45, 7) is 4.41. The third kappa shape index (κ3) is 6.91. The van der Waals surface area contributed by atoms with Gasteiger partial charge >= 0.3 is 6.18 Å². The number of carbonyl (C=O) groups excluding carboxylic acids is 1. The quantitative estimate of drug-likeness (QED) is 0.651. The third-order valence-corrected chi connectivity index (χ3v) is 3.91. The Labute approximate surface area is 141 Å². The first-order valence-electron chi connectivity index (χ1n) is 8.42. The van der Waals surface area contributed by atoms with Gasteiger partial charge in [0.25, 0.3) is 0 Å². The summed E-state index contributed by atoms with van der Waals surface area (Å²) < 4.78 is 38.6. The van der Waals surface area contributed by atoms with Crippen LogP contribution >= 0.6 is 0 Å². The van der Waals surface area contributed by atoms with Gasteiger partial charge in [0.2, 0.25) is 5.91 Å². The van der Waals surface area contributed by atoms with Crippen LogP contribution < -0.4 is 11.1 Å². The number of carbonyl (C=O) groups is 1. The van der Waals surface area contributed by atoms with Crippen LogP contribution in [0, 0.1) is 5.92 Å². The highest BCUT2D eigenvalue weighted by molar-refractivity contribution is 5.76. The van der Waals surface area contributed by atoms with Crippen LogP contribution in [0.1, 0.15) is 63.1 Å². The number of rotatable bonds is 9. The maximum absolute atomic E-state index is 12.9. The molecule has 3 N–H and O–H groups in total. The maximum Gasteiger partial charge on any atom is 0.416 e. The molecule has 1 aromatic rings. The molecule has 136 valence electrons. The Kier molecular flexibility index (Phi) is 8.25. The van der Waals surface area contributed by atoms with Crippen LogP contribution in [0.15, 0.2) is 24.3 Å². The number of halogens is 3. The summed E-state index contributed by atoms with van der Waals surface area (Å²) >= 11 is 0. The van der Waals surface area contributed by atoms with Gasteiger partial charge in [-0.1, -0.05) is 38.8 Å². The van der Waals surface area contributed by atoms with E-state index in [1.54, 1.807) is 6.07 Å². The first kappa shape index (κ1) is 20.5. The second kappa shape index (κ2) is 9.67. The number of alkyl halides is 3. The Balaban J connectivity index is 2.69. The summed E-state index contributed by atoms with van der Waals surface area (Å²) in [5.41, 5.74) is 5.21. The molecule has 0 aliphatic rings. The van der Waals surface area contributed by atoms with Crippen molar-refractivity contribution in [2.75, 3.05) is 6.54 Å². The van der Waals surface area contributed by atoms with Crippen LogP contribution in [-0.4, -0.2) is 12.5 Å². The maximum atomic E-state index is 12.9. The van der Waals surface area contributed by atoms with Crippen LogP contribution in [0.3, 0.4) is 0 Å². The highest BCUT2D eigenvalue weighted by Crippen LogP contribution is 2.32. The molecule has 1 atom stereocenters. The van der Waals surface area contributed by atoms with Crippen molar-refractivity contribution < 1.29 is 18.0 Å². The Hall–Kier alpha value is -1.56. The van der Waals surface area contributed by atoms with Crippen molar-refractivity contribution in [2.24, 2.45) is 11.7 Å². The Morgan fingerprint density at radius 1 is 1.17 bits per heavy atom. The molecule has 0 aromatic heterocycles. The molecule has 0 saturated carbocycles. The molecule has 0 aliphatic carbocycles. The van der Waals surface area contributed by atoms with E-state index in [4.69, 9.17) is 5.73 Å². The van der Waals surface area contributed by atoms with E-state index >= 15 is 0 Å². The van der Waals surface area contributed by atoms with Gasteiger partial charge in [-0.3, -0.25) is 4.79 Å². The largest absolute Gasteiger partial charge is 0.416 e. The lowest BCUT2D eigenvalue weighted by Crippen LogP contribution is -2.31. The number of benzene rings is 1. The predicted octanol–water partition coefficient (Wildman–Crippen LogP) is 4.43. The highest BCUT2D eigenvalue weighted by Gasteiger charge is 2.31. The van der Waals surface area contributed by atoms with Gasteiger partial charge in [-0.15, -0.1) is 0 Å². The molecular formula is C18H27F3N2O. The summed E-state index contributed by atoms with van der Waals surface area (Å²) in [5, 5.41) is 2.87. The number of nitrogens with one attached hydrogen (secondary N) is 1. The molecule has 0 heterocycles. The van der Waals surface area contributed by atoms with E-state index in [0.717, 1.165) is 37.8 Å². The van der Waals surface area contributed by atoms with Crippen LogP contribution in [0.25, 0.3) is 0 Å². The van der Waals surface area contributed by atoms with E-state index in [1.165, 1.54) is 6.07 Å². The summed E-state index contributed by atoms with van der Waals surface area (Å²) in [6, 6.07) is 4.74. The van der Waals surface area contributed by atoms with Crippen molar-refractivity contribution in [3.63, 3.8) is 0 Å². The first-order chi connectivity index (χ1) is 11.3. The molecule has 0 fully saturated rings. The van der Waals surface area contributed by atoms with Crippen molar-refractivity contribution in [2.45, 2.75) is 58.2 Å². The zero-order valence-electron chi connectivity index (χ0n) is 14.3. The number of hydrogen-bond acceptors (Lipinski definition) is 2. The van der Waals surface area contributed by atoms with Crippen molar-refractivity contribution >= 4 is 5.91 Å². The SMILES string of the molecule is CC(C)C(NC(=O)CCCCCCN)c1cccc(C(F)(F)F)c1. The van der Waals surface area contributed by atoms with Crippen molar-refractivity contribution in [1.29, 1.82) is 0 Å². The van der Waals surface area contributed by atoms with Crippen LogP contribution in [0.5, 0.6) is 0 Å². The highest BCUT2D eigenvalue weighted by atomic mass is 19.4. The fraction of sp³-hybridized carbons (Fsp3) is 0.611. The molecule has 0 radical (unpaired) electrons. The van der Waals surface area contributed by atoms with Gasteiger partial charge in [0.1, 0.15) is 0 Å². The normalized spacial score (nSPS) is 13.1. The lowest BCUT2D eigenvalue weighted by Gasteiger charge is -2.24. The van der Waals surface area contributed by atoms with E-state index in [-0.39, 0.29) is 11.8 Å². The van der Waals surface area contributed by atoms with Crippen LogP contribution in [0.2, 0.25) is 0 Å². The number of amides is 1. The van der Waals surface area contributed by atoms with Gasteiger partial charge < -0.3 is 11.1 Å². The lowest BCUT2D eigenvalue weighted by molar-refractivity contribution is -0.137. The van der Waals surface area contributed by atoms with E-state index in [2.05, 4.69) is 5.32 Å². The molecule has 0 aliphatic heterocycles. The number of unbranched alkanes of at least 4 members (excludes halogenated alkanes) is 3. The molecule has 0 spiro atoms. The minimum Gasteiger partial charge on any atom is -0.349 e. The van der Waals surface area contributed by atoms with E-state index in [9.17, 15) is 18.0 Å². The fourth-order valence-electron chi connectivity index (χ4n) is 2.57. The average molecular weight is 344 g/mol. The minimum absolute atomic E-state index is 0.00493. The fourth-order valence-corrected chi connectivity index (χ4v) is 2.57. The van der Waals surface area contributed by atoms with Gasteiger partial charge in [-0.2, -0.15) is 13.2 Å². The predicted molar refractivity (Wildman–Crippen MR) is 89.3 cm³/mol. The molecule has 1 aromatic carbocycles. The zero-order valence-corrected chi connectivity index (χ0v) is 14.3. The third-order valence-electron chi connectivity index (χ3n) is 3.91. The van der Waals surface area contributed by atoms with Gasteiger partial charge in [0.05, 0.1) is 11.6 Å². The second-order valence-electron chi connectivity index (χ2n) is 6.37. The van der Waals surface area contributed by atoms with E-state index in [0.29, 0.717) is 18.5 Å².